The van der Waals surface area contributed by atoms with E-state index in [4.69, 9.17) is 16.4 Å². The molecule has 2 N–H and O–H groups in total. The Morgan fingerprint density at radius 3 is 2.59 bits per heavy atom. The summed E-state index contributed by atoms with van der Waals surface area (Å²) in [5, 5.41) is 3.27. The second-order valence-electron chi connectivity index (χ2n) is 5.98. The molecule has 3 aromatic carbocycles. The number of carbonyl (C=O) groups excluding carboxylic acids is 1. The molecular formula is C21H16ClN3O2. The number of nitrogens with one attached hydrogen (secondary N) is 2. The quantitative estimate of drug-likeness (QED) is 0.700. The van der Waals surface area contributed by atoms with Crippen LogP contribution < -0.4 is 10.8 Å². The molecular weight excluding hydrogens is 362 g/mol. The Kier molecular flexibility index (Phi) is 4.87. The zero-order chi connectivity index (χ0) is 18.6. The highest BCUT2D eigenvalue weighted by atomic mass is 35.5. The first-order valence-electron chi connectivity index (χ1n) is 8.41. The maximum absolute atomic E-state index is 12.4. The molecule has 1 amide bonds. The van der Waals surface area contributed by atoms with Crippen molar-refractivity contribution in [1.82, 2.24) is 5.48 Å². The Morgan fingerprint density at radius 2 is 1.78 bits per heavy atom. The van der Waals surface area contributed by atoms with Gasteiger partial charge in [-0.15, -0.1) is 0 Å². The molecule has 0 aliphatic carbocycles. The van der Waals surface area contributed by atoms with Gasteiger partial charge in [0, 0.05) is 16.8 Å². The Bertz CT molecular complexity index is 1010. The normalized spacial score (nSPS) is 15.7. The molecule has 0 fully saturated rings. The van der Waals surface area contributed by atoms with E-state index >= 15 is 0 Å². The number of amides is 1. The minimum Gasteiger partial charge on any atom is -0.322 e. The first kappa shape index (κ1) is 17.3. The number of hydrogen-bond donors (Lipinski definition) is 2. The predicted octanol–water partition coefficient (Wildman–Crippen LogP) is 4.57. The third-order valence-electron chi connectivity index (χ3n) is 4.11. The lowest BCUT2D eigenvalue weighted by molar-refractivity contribution is 0.0377. The van der Waals surface area contributed by atoms with Crippen LogP contribution in [-0.2, 0) is 4.84 Å². The van der Waals surface area contributed by atoms with Crippen molar-refractivity contribution in [3.05, 3.63) is 101 Å². The predicted molar refractivity (Wildman–Crippen MR) is 106 cm³/mol. The van der Waals surface area contributed by atoms with E-state index in [0.29, 0.717) is 22.1 Å². The van der Waals surface area contributed by atoms with Gasteiger partial charge in [0.05, 0.1) is 10.6 Å². The number of anilines is 1. The third-order valence-corrected chi connectivity index (χ3v) is 4.44. The number of hydrogen-bond acceptors (Lipinski definition) is 4. The molecule has 0 bridgehead atoms. The second kappa shape index (κ2) is 7.61. The van der Waals surface area contributed by atoms with Gasteiger partial charge in [0.2, 0.25) is 6.23 Å². The minimum atomic E-state index is -0.489. The fourth-order valence-corrected chi connectivity index (χ4v) is 2.99. The smallest absolute Gasteiger partial charge is 0.257 e. The molecule has 1 atom stereocenters. The van der Waals surface area contributed by atoms with Crippen molar-refractivity contribution in [2.24, 2.45) is 4.99 Å². The van der Waals surface area contributed by atoms with Crippen LogP contribution in [0.2, 0.25) is 5.02 Å². The van der Waals surface area contributed by atoms with Crippen LogP contribution in [0.25, 0.3) is 0 Å². The fourth-order valence-electron chi connectivity index (χ4n) is 2.77. The molecule has 1 unspecified atom stereocenters. The summed E-state index contributed by atoms with van der Waals surface area (Å²) in [6, 6.07) is 24.1. The third kappa shape index (κ3) is 3.84. The lowest BCUT2D eigenvalue weighted by Crippen LogP contribution is -2.17. The van der Waals surface area contributed by atoms with E-state index in [2.05, 4.69) is 15.8 Å². The van der Waals surface area contributed by atoms with Crippen LogP contribution in [0, 0.1) is 0 Å². The molecule has 1 heterocycles. The van der Waals surface area contributed by atoms with Crippen LogP contribution >= 0.6 is 11.6 Å². The first-order chi connectivity index (χ1) is 13.2. The summed E-state index contributed by atoms with van der Waals surface area (Å²) in [4.78, 5) is 22.6. The lowest BCUT2D eigenvalue weighted by Gasteiger charge is -2.10. The minimum absolute atomic E-state index is 0.267. The SMILES string of the molecule is O=C(Nc1cccc(C2N=C(c3ccccc3)NO2)c1)c1ccccc1Cl. The molecule has 0 radical (unpaired) electrons. The molecule has 1 aliphatic heterocycles. The average molecular weight is 378 g/mol. The van der Waals surface area contributed by atoms with Crippen molar-refractivity contribution >= 4 is 29.0 Å². The molecule has 134 valence electrons. The van der Waals surface area contributed by atoms with E-state index in [9.17, 15) is 4.79 Å². The van der Waals surface area contributed by atoms with Crippen molar-refractivity contribution in [1.29, 1.82) is 0 Å². The molecule has 5 nitrogen and oxygen atoms in total. The number of halogens is 1. The van der Waals surface area contributed by atoms with Gasteiger partial charge in [0.15, 0.2) is 5.84 Å². The summed E-state index contributed by atoms with van der Waals surface area (Å²) in [5.41, 5.74) is 5.70. The summed E-state index contributed by atoms with van der Waals surface area (Å²) in [5.74, 6) is 0.405. The Morgan fingerprint density at radius 1 is 1.00 bits per heavy atom. The summed E-state index contributed by atoms with van der Waals surface area (Å²) in [6.45, 7) is 0. The molecule has 0 spiro atoms. The van der Waals surface area contributed by atoms with Crippen molar-refractivity contribution < 1.29 is 9.63 Å². The number of aliphatic imine (C=N–C) groups is 1. The van der Waals surface area contributed by atoms with Gasteiger partial charge in [-0.1, -0.05) is 66.2 Å². The molecule has 0 aromatic heterocycles. The van der Waals surface area contributed by atoms with Gasteiger partial charge in [-0.05, 0) is 24.3 Å². The van der Waals surface area contributed by atoms with E-state index in [1.54, 1.807) is 24.3 Å². The van der Waals surface area contributed by atoms with Gasteiger partial charge in [-0.25, -0.2) is 15.3 Å². The standard InChI is InChI=1S/C21H16ClN3O2/c22-18-12-5-4-11-17(18)20(26)23-16-10-6-9-15(13-16)21-24-19(25-27-21)14-7-2-1-3-8-14/h1-13,21H,(H,23,26)(H,24,25). The zero-order valence-electron chi connectivity index (χ0n) is 14.2. The van der Waals surface area contributed by atoms with Crippen LogP contribution in [0.5, 0.6) is 0 Å². The summed E-state index contributed by atoms with van der Waals surface area (Å²) in [7, 11) is 0. The largest absolute Gasteiger partial charge is 0.322 e. The number of rotatable bonds is 4. The summed E-state index contributed by atoms with van der Waals surface area (Å²) in [6.07, 6.45) is -0.489. The highest BCUT2D eigenvalue weighted by Crippen LogP contribution is 2.26. The molecule has 3 aromatic rings. The molecule has 27 heavy (non-hydrogen) atoms. The maximum atomic E-state index is 12.4. The van der Waals surface area contributed by atoms with Crippen LogP contribution in [0.4, 0.5) is 5.69 Å². The Hall–Kier alpha value is -3.15. The van der Waals surface area contributed by atoms with E-state index in [1.165, 1.54) is 0 Å². The maximum Gasteiger partial charge on any atom is 0.257 e. The number of carbonyl (C=O) groups is 1. The van der Waals surface area contributed by atoms with Crippen LogP contribution in [-0.4, -0.2) is 11.7 Å². The summed E-state index contributed by atoms with van der Waals surface area (Å²) < 4.78 is 0. The van der Waals surface area contributed by atoms with Gasteiger partial charge in [-0.2, -0.15) is 0 Å². The number of hydroxylamine groups is 1. The van der Waals surface area contributed by atoms with Crippen molar-refractivity contribution in [2.45, 2.75) is 6.23 Å². The van der Waals surface area contributed by atoms with Gasteiger partial charge >= 0.3 is 0 Å². The second-order valence-corrected chi connectivity index (χ2v) is 6.38. The van der Waals surface area contributed by atoms with Crippen LogP contribution in [0.3, 0.4) is 0 Å². The molecule has 1 aliphatic rings. The van der Waals surface area contributed by atoms with Crippen LogP contribution in [0.15, 0.2) is 83.9 Å². The van der Waals surface area contributed by atoms with Gasteiger partial charge in [0.1, 0.15) is 0 Å². The van der Waals surface area contributed by atoms with E-state index in [-0.39, 0.29) is 5.91 Å². The lowest BCUT2D eigenvalue weighted by atomic mass is 10.1. The van der Waals surface area contributed by atoms with Crippen LogP contribution in [0.1, 0.15) is 27.7 Å². The topological polar surface area (TPSA) is 62.7 Å². The first-order valence-corrected chi connectivity index (χ1v) is 8.79. The highest BCUT2D eigenvalue weighted by Gasteiger charge is 2.21. The molecule has 4 rings (SSSR count). The van der Waals surface area contributed by atoms with Gasteiger partial charge < -0.3 is 5.32 Å². The van der Waals surface area contributed by atoms with E-state index in [1.807, 2.05) is 54.6 Å². The fraction of sp³-hybridized carbons (Fsp3) is 0.0476. The summed E-state index contributed by atoms with van der Waals surface area (Å²) >= 11 is 6.09. The average Bonchev–Trinajstić information content (AvgIpc) is 3.19. The number of amidine groups is 1. The zero-order valence-corrected chi connectivity index (χ0v) is 15.0. The monoisotopic (exact) mass is 377 g/mol. The van der Waals surface area contributed by atoms with Crippen molar-refractivity contribution in [3.8, 4) is 0 Å². The van der Waals surface area contributed by atoms with E-state index < -0.39 is 6.23 Å². The van der Waals surface area contributed by atoms with E-state index in [0.717, 1.165) is 11.1 Å². The molecule has 0 saturated heterocycles. The van der Waals surface area contributed by atoms with Gasteiger partial charge in [0.25, 0.3) is 5.91 Å². The molecule has 0 saturated carbocycles. The Labute approximate surface area is 161 Å². The number of benzene rings is 3. The van der Waals surface area contributed by atoms with Crippen molar-refractivity contribution in [3.63, 3.8) is 0 Å². The van der Waals surface area contributed by atoms with Gasteiger partial charge in [-0.3, -0.25) is 4.79 Å². The van der Waals surface area contributed by atoms with Crippen molar-refractivity contribution in [2.75, 3.05) is 5.32 Å². The number of nitrogens with zero attached hydrogens (tertiary/aromatic N) is 1. The molecule has 6 heteroatoms. The Balaban J connectivity index is 1.52. The highest BCUT2D eigenvalue weighted by molar-refractivity contribution is 6.34.